The van der Waals surface area contributed by atoms with E-state index in [1.54, 1.807) is 36.1 Å². The Hall–Kier alpha value is -4.30. The van der Waals surface area contributed by atoms with E-state index in [2.05, 4.69) is 17.0 Å². The van der Waals surface area contributed by atoms with Gasteiger partial charge < -0.3 is 9.64 Å². The number of imide groups is 1. The van der Waals surface area contributed by atoms with Gasteiger partial charge in [0.2, 0.25) is 0 Å². The van der Waals surface area contributed by atoms with Gasteiger partial charge in [-0.05, 0) is 48.9 Å². The van der Waals surface area contributed by atoms with Crippen molar-refractivity contribution in [3.63, 3.8) is 0 Å². The molecular formula is C29H27N3O5. The van der Waals surface area contributed by atoms with Crippen molar-refractivity contribution < 1.29 is 23.9 Å². The predicted octanol–water partition coefficient (Wildman–Crippen LogP) is 3.38. The number of nitrogens with zero attached hydrogens (tertiary/aromatic N) is 3. The lowest BCUT2D eigenvalue weighted by atomic mass is 10.1. The number of carbonyl (C=O) groups excluding carboxylic acids is 4. The molecule has 3 amide bonds. The smallest absolute Gasteiger partial charge is 0.338 e. The molecule has 1 unspecified atom stereocenters. The van der Waals surface area contributed by atoms with E-state index in [9.17, 15) is 19.2 Å². The topological polar surface area (TPSA) is 87.2 Å². The summed E-state index contributed by atoms with van der Waals surface area (Å²) in [7, 11) is 0. The summed E-state index contributed by atoms with van der Waals surface area (Å²) in [4.78, 5) is 56.0. The minimum absolute atomic E-state index is 0.227. The number of hydrogen-bond acceptors (Lipinski definition) is 6. The number of fused-ring (bicyclic) bond motifs is 1. The zero-order valence-electron chi connectivity index (χ0n) is 20.5. The third-order valence-corrected chi connectivity index (χ3v) is 6.72. The number of piperazine rings is 1. The largest absolute Gasteiger partial charge is 0.449 e. The number of rotatable bonds is 6. The van der Waals surface area contributed by atoms with Crippen LogP contribution in [0.15, 0.2) is 78.9 Å². The number of ether oxygens (including phenoxy) is 1. The molecule has 0 N–H and O–H groups in total. The fourth-order valence-corrected chi connectivity index (χ4v) is 4.67. The van der Waals surface area contributed by atoms with Crippen LogP contribution in [0.1, 0.15) is 43.6 Å². The molecule has 2 aliphatic rings. The van der Waals surface area contributed by atoms with E-state index in [4.69, 9.17) is 4.74 Å². The Kier molecular flexibility index (Phi) is 6.83. The second-order valence-electron chi connectivity index (χ2n) is 9.17. The number of esters is 1. The molecule has 2 aliphatic heterocycles. The Bertz CT molecular complexity index is 1300. The van der Waals surface area contributed by atoms with Crippen molar-refractivity contribution in [2.75, 3.05) is 31.1 Å². The van der Waals surface area contributed by atoms with E-state index in [0.29, 0.717) is 29.9 Å². The van der Waals surface area contributed by atoms with Gasteiger partial charge in [0.05, 0.1) is 22.4 Å². The van der Waals surface area contributed by atoms with Gasteiger partial charge in [-0.15, -0.1) is 0 Å². The molecule has 0 radical (unpaired) electrons. The lowest BCUT2D eigenvalue weighted by molar-refractivity contribution is -0.141. The molecule has 0 aliphatic carbocycles. The zero-order chi connectivity index (χ0) is 25.9. The van der Waals surface area contributed by atoms with E-state index in [-0.39, 0.29) is 11.5 Å². The van der Waals surface area contributed by atoms with E-state index in [1.165, 1.54) is 29.8 Å². The highest BCUT2D eigenvalue weighted by Crippen LogP contribution is 2.28. The molecule has 5 rings (SSSR count). The number of amides is 3. The molecule has 8 nitrogen and oxygen atoms in total. The standard InChI is InChI=1S/C29H27N3O5/c1-20(26(33)31-17-15-30(16-18-31)19-21-7-3-2-4-8-21)37-29(36)22-11-13-23(14-12-22)32-27(34)24-9-5-6-10-25(24)28(32)35/h2-14,20H,15-19H2,1H3. The van der Waals surface area contributed by atoms with Crippen LogP contribution in [0.3, 0.4) is 0 Å². The Morgan fingerprint density at radius 2 is 1.35 bits per heavy atom. The summed E-state index contributed by atoms with van der Waals surface area (Å²) in [6, 6.07) is 22.9. The number of carbonyl (C=O) groups is 4. The molecule has 0 spiro atoms. The summed E-state index contributed by atoms with van der Waals surface area (Å²) in [6.07, 6.45) is -0.927. The third kappa shape index (κ3) is 5.01. The minimum Gasteiger partial charge on any atom is -0.449 e. The first-order chi connectivity index (χ1) is 17.9. The molecule has 8 heteroatoms. The Morgan fingerprint density at radius 3 is 1.95 bits per heavy atom. The van der Waals surface area contributed by atoms with E-state index in [1.807, 2.05) is 18.2 Å². The summed E-state index contributed by atoms with van der Waals surface area (Å²) >= 11 is 0. The number of benzene rings is 3. The van der Waals surface area contributed by atoms with Gasteiger partial charge in [-0.3, -0.25) is 19.3 Å². The molecule has 1 fully saturated rings. The quantitative estimate of drug-likeness (QED) is 0.383. The first kappa shape index (κ1) is 24.4. The van der Waals surface area contributed by atoms with Crippen LogP contribution in [-0.4, -0.2) is 65.8 Å². The molecule has 0 bridgehead atoms. The van der Waals surface area contributed by atoms with Crippen LogP contribution in [0.25, 0.3) is 0 Å². The maximum atomic E-state index is 12.9. The Labute approximate surface area is 215 Å². The van der Waals surface area contributed by atoms with Gasteiger partial charge in [0.25, 0.3) is 17.7 Å². The molecule has 37 heavy (non-hydrogen) atoms. The maximum Gasteiger partial charge on any atom is 0.338 e. The van der Waals surface area contributed by atoms with Crippen LogP contribution >= 0.6 is 0 Å². The lowest BCUT2D eigenvalue weighted by Gasteiger charge is -2.35. The summed E-state index contributed by atoms with van der Waals surface area (Å²) in [5, 5.41) is 0. The molecule has 1 saturated heterocycles. The van der Waals surface area contributed by atoms with Crippen molar-refractivity contribution in [1.82, 2.24) is 9.80 Å². The second-order valence-corrected chi connectivity index (χ2v) is 9.17. The predicted molar refractivity (Wildman–Crippen MR) is 137 cm³/mol. The van der Waals surface area contributed by atoms with Crippen molar-refractivity contribution >= 4 is 29.4 Å². The molecule has 3 aromatic rings. The van der Waals surface area contributed by atoms with Crippen LogP contribution in [0.4, 0.5) is 5.69 Å². The van der Waals surface area contributed by atoms with Crippen molar-refractivity contribution in [1.29, 1.82) is 0 Å². The van der Waals surface area contributed by atoms with Crippen LogP contribution in [-0.2, 0) is 16.1 Å². The van der Waals surface area contributed by atoms with Crippen LogP contribution in [0, 0.1) is 0 Å². The summed E-state index contributed by atoms with van der Waals surface area (Å²) in [6.45, 7) is 5.06. The van der Waals surface area contributed by atoms with Gasteiger partial charge >= 0.3 is 5.97 Å². The van der Waals surface area contributed by atoms with Crippen molar-refractivity contribution in [2.45, 2.75) is 19.6 Å². The monoisotopic (exact) mass is 497 g/mol. The van der Waals surface area contributed by atoms with Crippen LogP contribution < -0.4 is 4.90 Å². The number of hydrogen-bond donors (Lipinski definition) is 0. The number of anilines is 1. The highest BCUT2D eigenvalue weighted by molar-refractivity contribution is 6.34. The fourth-order valence-electron chi connectivity index (χ4n) is 4.67. The summed E-state index contributed by atoms with van der Waals surface area (Å²) in [5.41, 5.74) is 2.53. The highest BCUT2D eigenvalue weighted by Gasteiger charge is 2.36. The molecule has 188 valence electrons. The summed E-state index contributed by atoms with van der Waals surface area (Å²) < 4.78 is 5.44. The normalized spacial score (nSPS) is 16.5. The van der Waals surface area contributed by atoms with Gasteiger partial charge in [0.1, 0.15) is 0 Å². The molecule has 2 heterocycles. The first-order valence-corrected chi connectivity index (χ1v) is 12.3. The SMILES string of the molecule is CC(OC(=O)c1ccc(N2C(=O)c3ccccc3C2=O)cc1)C(=O)N1CCN(Cc2ccccc2)CC1. The fraction of sp³-hybridized carbons (Fsp3) is 0.241. The molecular weight excluding hydrogens is 470 g/mol. The lowest BCUT2D eigenvalue weighted by Crippen LogP contribution is -2.51. The minimum atomic E-state index is -0.927. The van der Waals surface area contributed by atoms with E-state index in [0.717, 1.165) is 24.5 Å². The Morgan fingerprint density at radius 1 is 0.784 bits per heavy atom. The van der Waals surface area contributed by atoms with Gasteiger partial charge in [-0.2, -0.15) is 0 Å². The second kappa shape index (κ2) is 10.4. The highest BCUT2D eigenvalue weighted by atomic mass is 16.5. The summed E-state index contributed by atoms with van der Waals surface area (Å²) in [5.74, 6) is -1.68. The van der Waals surface area contributed by atoms with E-state index < -0.39 is 23.9 Å². The first-order valence-electron chi connectivity index (χ1n) is 12.3. The van der Waals surface area contributed by atoms with Crippen molar-refractivity contribution in [2.24, 2.45) is 0 Å². The van der Waals surface area contributed by atoms with Gasteiger partial charge in [-0.25, -0.2) is 9.69 Å². The van der Waals surface area contributed by atoms with Crippen LogP contribution in [0.2, 0.25) is 0 Å². The van der Waals surface area contributed by atoms with Gasteiger partial charge in [0, 0.05) is 32.7 Å². The van der Waals surface area contributed by atoms with Gasteiger partial charge in [-0.1, -0.05) is 42.5 Å². The van der Waals surface area contributed by atoms with Crippen molar-refractivity contribution in [3.8, 4) is 0 Å². The van der Waals surface area contributed by atoms with E-state index >= 15 is 0 Å². The average molecular weight is 498 g/mol. The third-order valence-electron chi connectivity index (χ3n) is 6.72. The van der Waals surface area contributed by atoms with Crippen molar-refractivity contribution in [3.05, 3.63) is 101 Å². The van der Waals surface area contributed by atoms with Crippen LogP contribution in [0.5, 0.6) is 0 Å². The average Bonchev–Trinajstić information content (AvgIpc) is 3.19. The molecule has 0 saturated carbocycles. The molecule has 1 atom stereocenters. The van der Waals surface area contributed by atoms with Gasteiger partial charge in [0.15, 0.2) is 6.10 Å². The molecule has 3 aromatic carbocycles. The Balaban J connectivity index is 1.15. The molecule has 0 aromatic heterocycles. The maximum absolute atomic E-state index is 12.9. The zero-order valence-corrected chi connectivity index (χ0v) is 20.5.